The molecule has 1 aromatic rings. The van der Waals surface area contributed by atoms with Crippen molar-refractivity contribution < 1.29 is 9.00 Å². The van der Waals surface area contributed by atoms with Gasteiger partial charge >= 0.3 is 0 Å². The van der Waals surface area contributed by atoms with Gasteiger partial charge in [0.25, 0.3) is 0 Å². The maximum absolute atomic E-state index is 12.1. The third-order valence-electron chi connectivity index (χ3n) is 3.52. The van der Waals surface area contributed by atoms with Crippen LogP contribution in [0.4, 0.5) is 0 Å². The van der Waals surface area contributed by atoms with Crippen molar-refractivity contribution in [2.45, 2.75) is 19.5 Å². The van der Waals surface area contributed by atoms with E-state index in [1.54, 1.807) is 0 Å². The van der Waals surface area contributed by atoms with Crippen molar-refractivity contribution in [1.82, 2.24) is 10.2 Å². The van der Waals surface area contributed by atoms with Gasteiger partial charge in [-0.3, -0.25) is 13.9 Å². The van der Waals surface area contributed by atoms with Crippen molar-refractivity contribution in [1.29, 1.82) is 0 Å². The van der Waals surface area contributed by atoms with Gasteiger partial charge in [0.15, 0.2) is 0 Å². The molecule has 1 aromatic carbocycles. The number of rotatable bonds is 4. The highest BCUT2D eigenvalue weighted by Crippen LogP contribution is 2.10. The van der Waals surface area contributed by atoms with E-state index in [9.17, 15) is 9.00 Å². The van der Waals surface area contributed by atoms with Crippen molar-refractivity contribution in [2.24, 2.45) is 0 Å². The lowest BCUT2D eigenvalue weighted by molar-refractivity contribution is -0.125. The van der Waals surface area contributed by atoms with Crippen molar-refractivity contribution in [2.75, 3.05) is 24.6 Å². The number of amides is 1. The van der Waals surface area contributed by atoms with Crippen LogP contribution in [0, 0.1) is 0 Å². The Balaban J connectivity index is 1.82. The smallest absolute Gasteiger partial charge is 0.237 e. The number of nitrogens with zero attached hydrogens (tertiary/aromatic N) is 1. The second-order valence-electron chi connectivity index (χ2n) is 4.90. The van der Waals surface area contributed by atoms with Gasteiger partial charge in [0, 0.05) is 47.0 Å². The van der Waals surface area contributed by atoms with Gasteiger partial charge in [-0.05, 0) is 24.6 Å². The zero-order valence-electron chi connectivity index (χ0n) is 11.5. The molecule has 2 rings (SSSR count). The zero-order valence-corrected chi connectivity index (χ0v) is 13.0. The van der Waals surface area contributed by atoms with Crippen LogP contribution >= 0.6 is 11.6 Å². The zero-order chi connectivity index (χ0) is 14.5. The molecule has 1 fully saturated rings. The monoisotopic (exact) mass is 314 g/mol. The summed E-state index contributed by atoms with van der Waals surface area (Å²) >= 11 is 5.82. The fraction of sp³-hybridized carbons (Fsp3) is 0.500. The minimum absolute atomic E-state index is 0.00707. The Bertz CT molecular complexity index is 482. The van der Waals surface area contributed by atoms with E-state index >= 15 is 0 Å². The molecule has 0 saturated carbocycles. The van der Waals surface area contributed by atoms with Crippen LogP contribution in [-0.4, -0.2) is 45.7 Å². The van der Waals surface area contributed by atoms with Gasteiger partial charge in [-0.15, -0.1) is 0 Å². The summed E-state index contributed by atoms with van der Waals surface area (Å²) in [6.07, 6.45) is 0. The molecule has 1 atom stereocenters. The third-order valence-corrected chi connectivity index (χ3v) is 5.05. The highest BCUT2D eigenvalue weighted by molar-refractivity contribution is 7.85. The molecule has 1 N–H and O–H groups in total. The van der Waals surface area contributed by atoms with Gasteiger partial charge in [-0.2, -0.15) is 0 Å². The Morgan fingerprint density at radius 2 is 1.95 bits per heavy atom. The number of halogens is 1. The topological polar surface area (TPSA) is 49.4 Å². The molecular formula is C14H19ClN2O2S. The number of nitrogens with one attached hydrogen (secondary N) is 1. The summed E-state index contributed by atoms with van der Waals surface area (Å²) in [6, 6.07) is 7.24. The van der Waals surface area contributed by atoms with Crippen LogP contribution in [0.3, 0.4) is 0 Å². The predicted octanol–water partition coefficient (Wildman–Crippen LogP) is 1.41. The van der Waals surface area contributed by atoms with E-state index in [0.29, 0.717) is 23.1 Å². The van der Waals surface area contributed by atoms with Gasteiger partial charge in [-0.25, -0.2) is 0 Å². The molecule has 110 valence electrons. The molecule has 0 aromatic heterocycles. The largest absolute Gasteiger partial charge is 0.351 e. The van der Waals surface area contributed by atoms with E-state index < -0.39 is 10.8 Å². The maximum Gasteiger partial charge on any atom is 0.237 e. The molecule has 4 nitrogen and oxygen atoms in total. The standard InChI is InChI=1S/C14H19ClN2O2S/c1-11(17-6-8-20(19)9-7-17)14(18)16-10-12-2-4-13(15)5-3-12/h2-5,11H,6-10H2,1H3,(H,16,18). The normalized spacial score (nSPS) is 18.7. The SMILES string of the molecule is CC(C(=O)NCc1ccc(Cl)cc1)N1CCS(=O)CC1. The Kier molecular flexibility index (Phi) is 5.57. The summed E-state index contributed by atoms with van der Waals surface area (Å²) < 4.78 is 11.3. The summed E-state index contributed by atoms with van der Waals surface area (Å²) in [5.74, 6) is 1.33. The second kappa shape index (κ2) is 7.20. The van der Waals surface area contributed by atoms with Gasteiger partial charge in [0.05, 0.1) is 6.04 Å². The van der Waals surface area contributed by atoms with Crippen LogP contribution in [0.5, 0.6) is 0 Å². The lowest BCUT2D eigenvalue weighted by atomic mass is 10.2. The summed E-state index contributed by atoms with van der Waals surface area (Å²) in [5, 5.41) is 3.62. The molecule has 0 radical (unpaired) electrons. The van der Waals surface area contributed by atoms with Gasteiger partial charge in [0.2, 0.25) is 5.91 Å². The molecule has 6 heteroatoms. The molecule has 0 bridgehead atoms. The number of carbonyl (C=O) groups excluding carboxylic acids is 1. The molecule has 1 aliphatic rings. The van der Waals surface area contributed by atoms with Crippen molar-refractivity contribution in [3.05, 3.63) is 34.9 Å². The maximum atomic E-state index is 12.1. The Morgan fingerprint density at radius 3 is 2.55 bits per heavy atom. The predicted molar refractivity (Wildman–Crippen MR) is 82.2 cm³/mol. The number of carbonyl (C=O) groups is 1. The van der Waals surface area contributed by atoms with Crippen molar-refractivity contribution >= 4 is 28.3 Å². The summed E-state index contributed by atoms with van der Waals surface area (Å²) in [6.45, 7) is 3.84. The van der Waals surface area contributed by atoms with E-state index in [-0.39, 0.29) is 11.9 Å². The molecular weight excluding hydrogens is 296 g/mol. The third kappa shape index (κ3) is 4.30. The summed E-state index contributed by atoms with van der Waals surface area (Å²) in [4.78, 5) is 14.2. The van der Waals surface area contributed by atoms with Crippen LogP contribution in [0.2, 0.25) is 5.02 Å². The average molecular weight is 315 g/mol. The molecule has 1 unspecified atom stereocenters. The molecule has 0 spiro atoms. The number of hydrogen-bond acceptors (Lipinski definition) is 3. The second-order valence-corrected chi connectivity index (χ2v) is 7.04. The lowest BCUT2D eigenvalue weighted by Crippen LogP contribution is -2.50. The van der Waals surface area contributed by atoms with Crippen LogP contribution in [0.1, 0.15) is 12.5 Å². The minimum atomic E-state index is -0.712. The first-order chi connectivity index (χ1) is 9.56. The van der Waals surface area contributed by atoms with Crippen molar-refractivity contribution in [3.8, 4) is 0 Å². The first-order valence-electron chi connectivity index (χ1n) is 6.67. The van der Waals surface area contributed by atoms with E-state index in [2.05, 4.69) is 10.2 Å². The molecule has 20 heavy (non-hydrogen) atoms. The number of hydrogen-bond donors (Lipinski definition) is 1. The summed E-state index contributed by atoms with van der Waals surface area (Å²) in [7, 11) is -0.712. The minimum Gasteiger partial charge on any atom is -0.351 e. The molecule has 1 aliphatic heterocycles. The number of benzene rings is 1. The Labute approximate surface area is 126 Å². The molecule has 1 amide bonds. The Morgan fingerprint density at radius 1 is 1.35 bits per heavy atom. The first kappa shape index (κ1) is 15.5. The van der Waals surface area contributed by atoms with Gasteiger partial charge in [0.1, 0.15) is 0 Å². The van der Waals surface area contributed by atoms with Crippen LogP contribution in [0.25, 0.3) is 0 Å². The molecule has 1 heterocycles. The lowest BCUT2D eigenvalue weighted by Gasteiger charge is -2.31. The molecule has 1 saturated heterocycles. The van der Waals surface area contributed by atoms with Gasteiger partial charge in [-0.1, -0.05) is 23.7 Å². The average Bonchev–Trinajstić information content (AvgIpc) is 2.46. The Hall–Kier alpha value is -0.910. The highest BCUT2D eigenvalue weighted by atomic mass is 35.5. The fourth-order valence-electron chi connectivity index (χ4n) is 2.14. The van der Waals surface area contributed by atoms with Crippen LogP contribution < -0.4 is 5.32 Å². The van der Waals surface area contributed by atoms with E-state index in [1.807, 2.05) is 31.2 Å². The quantitative estimate of drug-likeness (QED) is 0.914. The fourth-order valence-corrected chi connectivity index (χ4v) is 3.35. The first-order valence-corrected chi connectivity index (χ1v) is 8.54. The van der Waals surface area contributed by atoms with E-state index in [4.69, 9.17) is 11.6 Å². The highest BCUT2D eigenvalue weighted by Gasteiger charge is 2.24. The van der Waals surface area contributed by atoms with Gasteiger partial charge < -0.3 is 5.32 Å². The molecule has 0 aliphatic carbocycles. The van der Waals surface area contributed by atoms with E-state index in [1.165, 1.54) is 0 Å². The van der Waals surface area contributed by atoms with Crippen LogP contribution in [0.15, 0.2) is 24.3 Å². The van der Waals surface area contributed by atoms with Crippen molar-refractivity contribution in [3.63, 3.8) is 0 Å². The summed E-state index contributed by atoms with van der Waals surface area (Å²) in [5.41, 5.74) is 1.02. The van der Waals surface area contributed by atoms with E-state index in [0.717, 1.165) is 18.7 Å². The van der Waals surface area contributed by atoms with Crippen LogP contribution in [-0.2, 0) is 22.1 Å².